The van der Waals surface area contributed by atoms with Crippen molar-refractivity contribution in [1.82, 2.24) is 4.90 Å². The Morgan fingerprint density at radius 2 is 2.05 bits per heavy atom. The van der Waals surface area contributed by atoms with Crippen LogP contribution in [0.4, 0.5) is 5.69 Å². The molecular weight excluding hydrogens is 260 g/mol. The minimum Gasteiger partial charge on any atom is -0.495 e. The molecule has 0 spiro atoms. The number of hydrogen-bond donors (Lipinski definition) is 2. The molecule has 1 aromatic carbocycles. The number of nitrogens with one attached hydrogen (secondary N) is 1. The van der Waals surface area contributed by atoms with Crippen LogP contribution in [-0.2, 0) is 9.59 Å². The fraction of sp³-hybridized carbons (Fsp3) is 0.429. The Balaban J connectivity index is 2.65. The molecule has 0 aliphatic heterocycles. The Hall–Kier alpha value is -2.08. The number of para-hydroxylation sites is 2. The van der Waals surface area contributed by atoms with Gasteiger partial charge in [-0.2, -0.15) is 0 Å². The molecular formula is C14H20N2O4. The monoisotopic (exact) mass is 280 g/mol. The normalized spacial score (nSPS) is 12.0. The summed E-state index contributed by atoms with van der Waals surface area (Å²) in [7, 11) is 3.14. The van der Waals surface area contributed by atoms with Gasteiger partial charge in [0.25, 0.3) is 0 Å². The van der Waals surface area contributed by atoms with Crippen molar-refractivity contribution in [3.63, 3.8) is 0 Å². The first kappa shape index (κ1) is 16.0. The van der Waals surface area contributed by atoms with Gasteiger partial charge in [-0.15, -0.1) is 0 Å². The number of likely N-dealkylation sites (N-methyl/N-ethyl adjacent to an activating group) is 1. The number of carbonyl (C=O) groups is 2. The summed E-state index contributed by atoms with van der Waals surface area (Å²) in [6.45, 7) is 1.77. The SMILES string of the molecule is CCC(C(=O)O)N(C)CC(=O)Nc1ccccc1OC. The van der Waals surface area contributed by atoms with Crippen molar-refractivity contribution in [2.45, 2.75) is 19.4 Å². The molecule has 0 aliphatic carbocycles. The van der Waals surface area contributed by atoms with Crippen molar-refractivity contribution in [3.8, 4) is 5.75 Å². The second-order valence-electron chi connectivity index (χ2n) is 4.43. The zero-order valence-corrected chi connectivity index (χ0v) is 11.9. The van der Waals surface area contributed by atoms with Crippen LogP contribution in [0.3, 0.4) is 0 Å². The molecule has 6 heteroatoms. The smallest absolute Gasteiger partial charge is 0.320 e. The number of anilines is 1. The van der Waals surface area contributed by atoms with Gasteiger partial charge in [-0.1, -0.05) is 19.1 Å². The molecule has 0 saturated carbocycles. The van der Waals surface area contributed by atoms with E-state index in [1.807, 2.05) is 0 Å². The highest BCUT2D eigenvalue weighted by atomic mass is 16.5. The third kappa shape index (κ3) is 4.24. The summed E-state index contributed by atoms with van der Waals surface area (Å²) in [6.07, 6.45) is 0.438. The zero-order valence-electron chi connectivity index (χ0n) is 11.9. The average molecular weight is 280 g/mol. The van der Waals surface area contributed by atoms with Crippen LogP contribution in [0.2, 0.25) is 0 Å². The molecule has 1 aromatic rings. The summed E-state index contributed by atoms with van der Waals surface area (Å²) >= 11 is 0. The number of carboxylic acid groups (broad SMARTS) is 1. The van der Waals surface area contributed by atoms with E-state index >= 15 is 0 Å². The number of aliphatic carboxylic acids is 1. The molecule has 0 aromatic heterocycles. The van der Waals surface area contributed by atoms with E-state index in [9.17, 15) is 9.59 Å². The fourth-order valence-corrected chi connectivity index (χ4v) is 1.95. The molecule has 0 bridgehead atoms. The zero-order chi connectivity index (χ0) is 15.1. The van der Waals surface area contributed by atoms with Gasteiger partial charge in [0.15, 0.2) is 0 Å². The van der Waals surface area contributed by atoms with Crippen LogP contribution >= 0.6 is 0 Å². The second kappa shape index (κ2) is 7.49. The number of rotatable bonds is 7. The number of amides is 1. The third-order valence-corrected chi connectivity index (χ3v) is 2.98. The first-order valence-electron chi connectivity index (χ1n) is 6.35. The topological polar surface area (TPSA) is 78.9 Å². The van der Waals surface area contributed by atoms with E-state index in [4.69, 9.17) is 9.84 Å². The highest BCUT2D eigenvalue weighted by Crippen LogP contribution is 2.22. The van der Waals surface area contributed by atoms with Gasteiger partial charge in [0.1, 0.15) is 11.8 Å². The van der Waals surface area contributed by atoms with E-state index in [1.54, 1.807) is 38.2 Å². The van der Waals surface area contributed by atoms with E-state index in [2.05, 4.69) is 5.32 Å². The van der Waals surface area contributed by atoms with Gasteiger partial charge in [-0.25, -0.2) is 0 Å². The maximum atomic E-state index is 11.9. The minimum atomic E-state index is -0.930. The number of carbonyl (C=O) groups excluding carboxylic acids is 1. The maximum Gasteiger partial charge on any atom is 0.320 e. The summed E-state index contributed by atoms with van der Waals surface area (Å²) in [5.74, 6) is -0.648. The van der Waals surface area contributed by atoms with Gasteiger partial charge in [0.2, 0.25) is 5.91 Å². The second-order valence-corrected chi connectivity index (χ2v) is 4.43. The first-order valence-corrected chi connectivity index (χ1v) is 6.35. The largest absolute Gasteiger partial charge is 0.495 e. The lowest BCUT2D eigenvalue weighted by molar-refractivity contribution is -0.143. The molecule has 1 unspecified atom stereocenters. The van der Waals surface area contributed by atoms with E-state index in [0.717, 1.165) is 0 Å². The van der Waals surface area contributed by atoms with Crippen LogP contribution in [0.25, 0.3) is 0 Å². The van der Waals surface area contributed by atoms with Gasteiger partial charge in [0, 0.05) is 0 Å². The lowest BCUT2D eigenvalue weighted by Crippen LogP contribution is -2.42. The molecule has 2 N–H and O–H groups in total. The lowest BCUT2D eigenvalue weighted by Gasteiger charge is -2.22. The minimum absolute atomic E-state index is 0.00283. The third-order valence-electron chi connectivity index (χ3n) is 2.98. The Labute approximate surface area is 118 Å². The van der Waals surface area contributed by atoms with E-state index in [1.165, 1.54) is 12.0 Å². The first-order chi connectivity index (χ1) is 9.49. The molecule has 110 valence electrons. The summed E-state index contributed by atoms with van der Waals surface area (Å²) in [5, 5.41) is 11.7. The number of nitrogens with zero attached hydrogens (tertiary/aromatic N) is 1. The maximum absolute atomic E-state index is 11.9. The number of carboxylic acids is 1. The van der Waals surface area contributed by atoms with Crippen molar-refractivity contribution >= 4 is 17.6 Å². The lowest BCUT2D eigenvalue weighted by atomic mass is 10.2. The molecule has 0 aliphatic rings. The molecule has 0 radical (unpaired) electrons. The van der Waals surface area contributed by atoms with E-state index in [-0.39, 0.29) is 12.5 Å². The Bertz CT molecular complexity index is 476. The van der Waals surface area contributed by atoms with Crippen molar-refractivity contribution in [2.24, 2.45) is 0 Å². The highest BCUT2D eigenvalue weighted by molar-refractivity contribution is 5.94. The number of benzene rings is 1. The van der Waals surface area contributed by atoms with Gasteiger partial charge in [-0.05, 0) is 25.6 Å². The van der Waals surface area contributed by atoms with Gasteiger partial charge in [0.05, 0.1) is 19.3 Å². The van der Waals surface area contributed by atoms with E-state index < -0.39 is 12.0 Å². The molecule has 0 fully saturated rings. The summed E-state index contributed by atoms with van der Waals surface area (Å²) in [5.41, 5.74) is 0.566. The van der Waals surface area contributed by atoms with Gasteiger partial charge >= 0.3 is 5.97 Å². The molecule has 6 nitrogen and oxygen atoms in total. The molecule has 1 amide bonds. The van der Waals surface area contributed by atoms with E-state index in [0.29, 0.717) is 17.9 Å². The summed E-state index contributed by atoms with van der Waals surface area (Å²) < 4.78 is 5.14. The predicted molar refractivity (Wildman–Crippen MR) is 76.0 cm³/mol. The molecule has 20 heavy (non-hydrogen) atoms. The number of methoxy groups -OCH3 is 1. The van der Waals surface area contributed by atoms with Crippen LogP contribution < -0.4 is 10.1 Å². The quantitative estimate of drug-likeness (QED) is 0.790. The molecule has 0 saturated heterocycles. The summed E-state index contributed by atoms with van der Waals surface area (Å²) in [6, 6.07) is 6.39. The van der Waals surface area contributed by atoms with Crippen LogP contribution in [0.15, 0.2) is 24.3 Å². The molecule has 1 rings (SSSR count). The van der Waals surface area contributed by atoms with Crippen LogP contribution in [0, 0.1) is 0 Å². The van der Waals surface area contributed by atoms with Crippen LogP contribution in [-0.4, -0.2) is 48.6 Å². The molecule has 0 heterocycles. The Kier molecular flexibility index (Phi) is 5.99. The molecule has 1 atom stereocenters. The van der Waals surface area contributed by atoms with Crippen molar-refractivity contribution in [2.75, 3.05) is 26.0 Å². The highest BCUT2D eigenvalue weighted by Gasteiger charge is 2.22. The predicted octanol–water partition coefficient (Wildman–Crippen LogP) is 1.43. The fourth-order valence-electron chi connectivity index (χ4n) is 1.95. The number of hydrogen-bond acceptors (Lipinski definition) is 4. The number of ether oxygens (including phenoxy) is 1. The Morgan fingerprint density at radius 3 is 2.60 bits per heavy atom. The van der Waals surface area contributed by atoms with Crippen molar-refractivity contribution in [3.05, 3.63) is 24.3 Å². The Morgan fingerprint density at radius 1 is 1.40 bits per heavy atom. The van der Waals surface area contributed by atoms with Crippen molar-refractivity contribution < 1.29 is 19.4 Å². The van der Waals surface area contributed by atoms with Crippen LogP contribution in [0.5, 0.6) is 5.75 Å². The van der Waals surface area contributed by atoms with Gasteiger partial charge < -0.3 is 15.2 Å². The van der Waals surface area contributed by atoms with Gasteiger partial charge in [-0.3, -0.25) is 14.5 Å². The van der Waals surface area contributed by atoms with Crippen LogP contribution in [0.1, 0.15) is 13.3 Å². The van der Waals surface area contributed by atoms with Crippen molar-refractivity contribution in [1.29, 1.82) is 0 Å². The standard InChI is InChI=1S/C14H20N2O4/c1-4-11(14(18)19)16(2)9-13(17)15-10-7-5-6-8-12(10)20-3/h5-8,11H,4,9H2,1-3H3,(H,15,17)(H,18,19). The summed E-state index contributed by atoms with van der Waals surface area (Å²) in [4.78, 5) is 24.5. The average Bonchev–Trinajstić information content (AvgIpc) is 2.39.